The van der Waals surface area contributed by atoms with Crippen molar-refractivity contribution in [2.24, 2.45) is 0 Å². The number of hydrogen-bond donors (Lipinski definition) is 4. The van der Waals surface area contributed by atoms with E-state index in [9.17, 15) is 14.7 Å². The van der Waals surface area contributed by atoms with Gasteiger partial charge in [0.25, 0.3) is 0 Å². The van der Waals surface area contributed by atoms with Crippen molar-refractivity contribution in [1.29, 1.82) is 0 Å². The summed E-state index contributed by atoms with van der Waals surface area (Å²) in [5.74, 6) is -1.17. The van der Waals surface area contributed by atoms with Crippen LogP contribution in [0.4, 0.5) is 10.5 Å². The van der Waals surface area contributed by atoms with Crippen LogP contribution in [0.15, 0.2) is 35.0 Å². The molecule has 0 spiro atoms. The third kappa shape index (κ3) is 3.25. The Morgan fingerprint density at radius 1 is 1.30 bits per heavy atom. The lowest BCUT2D eigenvalue weighted by atomic mass is 10.2. The maximum Gasteiger partial charge on any atom is 0.339 e. The van der Waals surface area contributed by atoms with Crippen molar-refractivity contribution in [2.45, 2.75) is 6.54 Å². The largest absolute Gasteiger partial charge is 0.507 e. The number of nitrogens with zero attached hydrogens (tertiary/aromatic N) is 1. The summed E-state index contributed by atoms with van der Waals surface area (Å²) in [6.07, 6.45) is 1.45. The molecule has 0 aliphatic rings. The number of carbonyl (C=O) groups is 2. The number of amides is 2. The quantitative estimate of drug-likeness (QED) is 0.626. The molecule has 2 amide bonds. The molecule has 0 saturated carbocycles. The molecule has 0 aliphatic carbocycles. The molecule has 1 aromatic heterocycles. The molecule has 4 N–H and O–H groups in total. The van der Waals surface area contributed by atoms with Gasteiger partial charge in [-0.05, 0) is 18.2 Å². The zero-order valence-electron chi connectivity index (χ0n) is 10.2. The van der Waals surface area contributed by atoms with Crippen molar-refractivity contribution in [3.05, 3.63) is 41.8 Å². The van der Waals surface area contributed by atoms with Crippen LogP contribution >= 0.6 is 0 Å². The molecule has 2 aromatic rings. The first kappa shape index (κ1) is 13.4. The summed E-state index contributed by atoms with van der Waals surface area (Å²) in [7, 11) is 0. The fourth-order valence-corrected chi connectivity index (χ4v) is 1.46. The van der Waals surface area contributed by atoms with Crippen LogP contribution in [-0.4, -0.2) is 27.4 Å². The Labute approximate surface area is 113 Å². The number of phenols is 1. The van der Waals surface area contributed by atoms with Gasteiger partial charge in [-0.3, -0.25) is 0 Å². The van der Waals surface area contributed by atoms with Gasteiger partial charge in [-0.15, -0.1) is 0 Å². The first-order valence-electron chi connectivity index (χ1n) is 5.57. The summed E-state index contributed by atoms with van der Waals surface area (Å²) >= 11 is 0. The van der Waals surface area contributed by atoms with E-state index in [0.29, 0.717) is 5.76 Å². The van der Waals surface area contributed by atoms with E-state index in [1.54, 1.807) is 6.07 Å². The topological polar surface area (TPSA) is 125 Å². The van der Waals surface area contributed by atoms with E-state index in [0.717, 1.165) is 6.07 Å². The van der Waals surface area contributed by atoms with E-state index in [1.807, 2.05) is 0 Å². The van der Waals surface area contributed by atoms with Crippen molar-refractivity contribution < 1.29 is 24.3 Å². The minimum absolute atomic E-state index is 0.149. The molecule has 1 heterocycles. The van der Waals surface area contributed by atoms with E-state index in [4.69, 9.17) is 9.63 Å². The van der Waals surface area contributed by atoms with Crippen LogP contribution in [-0.2, 0) is 6.54 Å². The van der Waals surface area contributed by atoms with Gasteiger partial charge in [-0.2, -0.15) is 0 Å². The second kappa shape index (κ2) is 5.74. The van der Waals surface area contributed by atoms with Crippen LogP contribution in [0.25, 0.3) is 0 Å². The van der Waals surface area contributed by atoms with Gasteiger partial charge in [0.1, 0.15) is 11.3 Å². The van der Waals surface area contributed by atoms with E-state index in [-0.39, 0.29) is 23.5 Å². The smallest absolute Gasteiger partial charge is 0.339 e. The number of rotatable bonds is 4. The SMILES string of the molecule is O=C(NCc1ccno1)Nc1ccc(O)c(C(=O)O)c1. The molecular weight excluding hydrogens is 266 g/mol. The van der Waals surface area contributed by atoms with Gasteiger partial charge in [-0.1, -0.05) is 5.16 Å². The predicted octanol–water partition coefficient (Wildman–Crippen LogP) is 1.40. The number of urea groups is 1. The summed E-state index contributed by atoms with van der Waals surface area (Å²) in [4.78, 5) is 22.4. The molecule has 1 aromatic carbocycles. The van der Waals surface area contributed by atoms with Gasteiger partial charge in [-0.25, -0.2) is 9.59 Å². The molecule has 0 unspecified atom stereocenters. The number of carbonyl (C=O) groups excluding carboxylic acids is 1. The van der Waals surface area contributed by atoms with E-state index in [2.05, 4.69) is 15.8 Å². The number of aromatic carboxylic acids is 1. The number of carboxylic acids is 1. The van der Waals surface area contributed by atoms with Crippen LogP contribution in [0, 0.1) is 0 Å². The summed E-state index contributed by atoms with van der Waals surface area (Å²) in [5, 5.41) is 26.6. The first-order valence-corrected chi connectivity index (χ1v) is 5.57. The molecule has 0 atom stereocenters. The standard InChI is InChI=1S/C12H11N3O5/c16-10-2-1-7(5-9(10)11(17)18)15-12(19)13-6-8-3-4-14-20-8/h1-5,16H,6H2,(H,17,18)(H2,13,15,19). The van der Waals surface area contributed by atoms with Crippen molar-refractivity contribution in [3.8, 4) is 5.75 Å². The average Bonchev–Trinajstić information content (AvgIpc) is 2.91. The summed E-state index contributed by atoms with van der Waals surface area (Å²) in [5.41, 5.74) is -0.0479. The second-order valence-corrected chi connectivity index (χ2v) is 3.82. The number of hydrogen-bond acceptors (Lipinski definition) is 5. The summed E-state index contributed by atoms with van der Waals surface area (Å²) in [6, 6.07) is 4.80. The summed E-state index contributed by atoms with van der Waals surface area (Å²) < 4.78 is 4.80. The molecule has 2 rings (SSSR count). The van der Waals surface area contributed by atoms with Crippen LogP contribution in [0.1, 0.15) is 16.1 Å². The number of carboxylic acid groups (broad SMARTS) is 1. The lowest BCUT2D eigenvalue weighted by Crippen LogP contribution is -2.28. The van der Waals surface area contributed by atoms with Crippen molar-refractivity contribution in [3.63, 3.8) is 0 Å². The number of aromatic hydroxyl groups is 1. The zero-order chi connectivity index (χ0) is 14.5. The zero-order valence-corrected chi connectivity index (χ0v) is 10.2. The van der Waals surface area contributed by atoms with Gasteiger partial charge in [0, 0.05) is 11.8 Å². The van der Waals surface area contributed by atoms with Gasteiger partial charge >= 0.3 is 12.0 Å². The van der Waals surface area contributed by atoms with Gasteiger partial charge in [0.2, 0.25) is 0 Å². The van der Waals surface area contributed by atoms with Crippen molar-refractivity contribution in [2.75, 3.05) is 5.32 Å². The Morgan fingerprint density at radius 2 is 2.10 bits per heavy atom. The Kier molecular flexibility index (Phi) is 3.85. The minimum atomic E-state index is -1.28. The normalized spacial score (nSPS) is 10.0. The van der Waals surface area contributed by atoms with Gasteiger partial charge in [0.15, 0.2) is 5.76 Å². The Morgan fingerprint density at radius 3 is 2.75 bits per heavy atom. The highest BCUT2D eigenvalue weighted by Crippen LogP contribution is 2.21. The Balaban J connectivity index is 1.97. The molecule has 0 fully saturated rings. The Hall–Kier alpha value is -3.03. The molecule has 0 saturated heterocycles. The maximum absolute atomic E-state index is 11.6. The van der Waals surface area contributed by atoms with Crippen LogP contribution in [0.5, 0.6) is 5.75 Å². The highest BCUT2D eigenvalue weighted by Gasteiger charge is 2.11. The Bertz CT molecular complexity index is 624. The van der Waals surface area contributed by atoms with Crippen LogP contribution in [0.2, 0.25) is 0 Å². The van der Waals surface area contributed by atoms with Crippen LogP contribution in [0.3, 0.4) is 0 Å². The van der Waals surface area contributed by atoms with Crippen molar-refractivity contribution in [1.82, 2.24) is 10.5 Å². The predicted molar refractivity (Wildman–Crippen MR) is 67.4 cm³/mol. The van der Waals surface area contributed by atoms with Crippen molar-refractivity contribution >= 4 is 17.7 Å². The summed E-state index contributed by atoms with van der Waals surface area (Å²) in [6.45, 7) is 0.149. The van der Waals surface area contributed by atoms with Crippen LogP contribution < -0.4 is 10.6 Å². The van der Waals surface area contributed by atoms with Gasteiger partial charge in [0.05, 0.1) is 12.7 Å². The van der Waals surface area contributed by atoms with E-state index in [1.165, 1.54) is 18.3 Å². The monoisotopic (exact) mass is 277 g/mol. The highest BCUT2D eigenvalue weighted by molar-refractivity contribution is 5.95. The third-order valence-electron chi connectivity index (χ3n) is 2.40. The fourth-order valence-electron chi connectivity index (χ4n) is 1.46. The molecule has 0 bridgehead atoms. The lowest BCUT2D eigenvalue weighted by Gasteiger charge is -2.07. The molecular formula is C12H11N3O5. The average molecular weight is 277 g/mol. The highest BCUT2D eigenvalue weighted by atomic mass is 16.5. The fraction of sp³-hybridized carbons (Fsp3) is 0.0833. The number of aromatic nitrogens is 1. The minimum Gasteiger partial charge on any atom is -0.507 e. The molecule has 0 radical (unpaired) electrons. The van der Waals surface area contributed by atoms with E-state index < -0.39 is 12.0 Å². The number of anilines is 1. The number of benzene rings is 1. The third-order valence-corrected chi connectivity index (χ3v) is 2.40. The molecule has 0 aliphatic heterocycles. The first-order chi connectivity index (χ1) is 9.56. The number of nitrogens with one attached hydrogen (secondary N) is 2. The lowest BCUT2D eigenvalue weighted by molar-refractivity contribution is 0.0693. The second-order valence-electron chi connectivity index (χ2n) is 3.82. The van der Waals surface area contributed by atoms with E-state index >= 15 is 0 Å². The molecule has 20 heavy (non-hydrogen) atoms. The maximum atomic E-state index is 11.6. The van der Waals surface area contributed by atoms with Gasteiger partial charge < -0.3 is 25.4 Å². The molecule has 8 heteroatoms. The molecule has 104 valence electrons. The molecule has 8 nitrogen and oxygen atoms in total.